The van der Waals surface area contributed by atoms with Crippen molar-refractivity contribution in [3.05, 3.63) is 71.3 Å². The van der Waals surface area contributed by atoms with Gasteiger partial charge in [0.1, 0.15) is 10.7 Å². The fourth-order valence-electron chi connectivity index (χ4n) is 2.29. The molecule has 0 bridgehead atoms. The molecule has 146 valence electrons. The largest absolute Gasteiger partial charge is 0.481 e. The van der Waals surface area contributed by atoms with Crippen molar-refractivity contribution in [1.82, 2.24) is 9.71 Å². The molecule has 2 N–H and O–H groups in total. The topological polar surface area (TPSA) is 111 Å². The van der Waals surface area contributed by atoms with Crippen LogP contribution in [0.1, 0.15) is 16.1 Å². The van der Waals surface area contributed by atoms with E-state index in [4.69, 9.17) is 20.8 Å². The quantitative estimate of drug-likeness (QED) is 0.606. The van der Waals surface area contributed by atoms with Gasteiger partial charge in [-0.3, -0.25) is 4.79 Å². The summed E-state index contributed by atoms with van der Waals surface area (Å²) in [4.78, 5) is 16.2. The Balaban J connectivity index is 1.78. The number of anilines is 1. The van der Waals surface area contributed by atoms with Crippen LogP contribution in [-0.4, -0.2) is 26.4 Å². The predicted molar refractivity (Wildman–Crippen MR) is 103 cm³/mol. The van der Waals surface area contributed by atoms with Gasteiger partial charge < -0.3 is 14.5 Å². The SMILES string of the molecule is COc1ccc(NC(=O)c2ccc(Cl)c(S(=O)(=O)NCc3ccco3)c2)cn1. The van der Waals surface area contributed by atoms with Crippen molar-refractivity contribution in [3.63, 3.8) is 0 Å². The number of carbonyl (C=O) groups excluding carboxylic acids is 1. The van der Waals surface area contributed by atoms with E-state index in [9.17, 15) is 13.2 Å². The predicted octanol–water partition coefficient (Wildman–Crippen LogP) is 3.07. The summed E-state index contributed by atoms with van der Waals surface area (Å²) in [7, 11) is -2.47. The molecule has 3 rings (SSSR count). The molecule has 1 amide bonds. The van der Waals surface area contributed by atoms with E-state index in [2.05, 4.69) is 15.0 Å². The van der Waals surface area contributed by atoms with Crippen LogP contribution in [0.25, 0.3) is 0 Å². The van der Waals surface area contributed by atoms with E-state index in [0.29, 0.717) is 17.3 Å². The minimum Gasteiger partial charge on any atom is -0.481 e. The molecule has 0 aliphatic rings. The van der Waals surface area contributed by atoms with Crippen LogP contribution in [0.3, 0.4) is 0 Å². The van der Waals surface area contributed by atoms with E-state index < -0.39 is 15.9 Å². The zero-order valence-corrected chi connectivity index (χ0v) is 16.3. The van der Waals surface area contributed by atoms with Crippen LogP contribution in [-0.2, 0) is 16.6 Å². The van der Waals surface area contributed by atoms with E-state index in [1.165, 1.54) is 37.8 Å². The van der Waals surface area contributed by atoms with Crippen LogP contribution in [0.15, 0.2) is 64.2 Å². The molecule has 10 heteroatoms. The highest BCUT2D eigenvalue weighted by molar-refractivity contribution is 7.89. The van der Waals surface area contributed by atoms with Crippen LogP contribution in [0.4, 0.5) is 5.69 Å². The fourth-order valence-corrected chi connectivity index (χ4v) is 3.80. The first-order chi connectivity index (χ1) is 13.4. The van der Waals surface area contributed by atoms with Gasteiger partial charge in [0.2, 0.25) is 15.9 Å². The molecule has 2 heterocycles. The number of furan rings is 1. The number of methoxy groups -OCH3 is 1. The molecular weight excluding hydrogens is 406 g/mol. The number of sulfonamides is 1. The summed E-state index contributed by atoms with van der Waals surface area (Å²) in [6.45, 7) is -0.0421. The van der Waals surface area contributed by atoms with Crippen molar-refractivity contribution >= 4 is 33.2 Å². The maximum absolute atomic E-state index is 12.6. The molecule has 0 aliphatic carbocycles. The molecule has 0 saturated heterocycles. The van der Waals surface area contributed by atoms with Gasteiger partial charge in [0.15, 0.2) is 0 Å². The normalized spacial score (nSPS) is 11.2. The zero-order chi connectivity index (χ0) is 20.1. The molecule has 3 aromatic rings. The lowest BCUT2D eigenvalue weighted by atomic mass is 10.2. The van der Waals surface area contributed by atoms with Crippen molar-refractivity contribution in [2.45, 2.75) is 11.4 Å². The van der Waals surface area contributed by atoms with Crippen molar-refractivity contribution in [2.75, 3.05) is 12.4 Å². The van der Waals surface area contributed by atoms with Crippen molar-refractivity contribution < 1.29 is 22.4 Å². The molecule has 1 aromatic carbocycles. The number of ether oxygens (including phenoxy) is 1. The summed E-state index contributed by atoms with van der Waals surface area (Å²) < 4.78 is 37.6. The molecule has 0 fully saturated rings. The lowest BCUT2D eigenvalue weighted by Crippen LogP contribution is -2.24. The standard InChI is InChI=1S/C18H16ClN3O5S/c1-26-17-7-5-13(10-20-17)22-18(23)12-4-6-15(19)16(9-12)28(24,25)21-11-14-3-2-8-27-14/h2-10,21H,11H2,1H3,(H,22,23). The molecule has 0 spiro atoms. The first-order valence-electron chi connectivity index (χ1n) is 8.02. The average Bonchev–Trinajstić information content (AvgIpc) is 3.21. The number of aromatic nitrogens is 1. The van der Waals surface area contributed by atoms with Gasteiger partial charge in [-0.15, -0.1) is 0 Å². The molecule has 28 heavy (non-hydrogen) atoms. The second-order valence-corrected chi connectivity index (χ2v) is 7.74. The molecule has 2 aromatic heterocycles. The van der Waals surface area contributed by atoms with Gasteiger partial charge in [-0.05, 0) is 36.4 Å². The van der Waals surface area contributed by atoms with Gasteiger partial charge in [0, 0.05) is 11.6 Å². The van der Waals surface area contributed by atoms with E-state index in [1.807, 2.05) is 0 Å². The Bertz CT molecular complexity index is 1070. The number of pyridine rings is 1. The third-order valence-corrected chi connectivity index (χ3v) is 5.59. The van der Waals surface area contributed by atoms with Gasteiger partial charge in [-0.1, -0.05) is 11.6 Å². The second-order valence-electron chi connectivity index (χ2n) is 5.59. The highest BCUT2D eigenvalue weighted by Gasteiger charge is 2.20. The number of nitrogens with zero attached hydrogens (tertiary/aromatic N) is 1. The van der Waals surface area contributed by atoms with E-state index >= 15 is 0 Å². The zero-order valence-electron chi connectivity index (χ0n) is 14.7. The van der Waals surface area contributed by atoms with Gasteiger partial charge in [-0.2, -0.15) is 0 Å². The Morgan fingerprint density at radius 2 is 2.07 bits per heavy atom. The van der Waals surface area contributed by atoms with Crippen LogP contribution in [0.2, 0.25) is 5.02 Å². The molecular formula is C18H16ClN3O5S. The van der Waals surface area contributed by atoms with E-state index in [0.717, 1.165) is 0 Å². The summed E-state index contributed by atoms with van der Waals surface area (Å²) in [5.41, 5.74) is 0.555. The Morgan fingerprint density at radius 1 is 1.25 bits per heavy atom. The van der Waals surface area contributed by atoms with Gasteiger partial charge in [-0.25, -0.2) is 18.1 Å². The van der Waals surface area contributed by atoms with Crippen molar-refractivity contribution in [3.8, 4) is 5.88 Å². The van der Waals surface area contributed by atoms with Crippen LogP contribution < -0.4 is 14.8 Å². The fraction of sp³-hybridized carbons (Fsp3) is 0.111. The number of hydrogen-bond acceptors (Lipinski definition) is 6. The third-order valence-electron chi connectivity index (χ3n) is 3.70. The summed E-state index contributed by atoms with van der Waals surface area (Å²) in [5.74, 6) is 0.340. The van der Waals surface area contributed by atoms with Gasteiger partial charge in [0.25, 0.3) is 5.91 Å². The number of amides is 1. The number of carbonyl (C=O) groups is 1. The molecule has 0 saturated carbocycles. The van der Waals surface area contributed by atoms with Crippen molar-refractivity contribution in [1.29, 1.82) is 0 Å². The average molecular weight is 422 g/mol. The Hall–Kier alpha value is -2.88. The Morgan fingerprint density at radius 3 is 2.71 bits per heavy atom. The smallest absolute Gasteiger partial charge is 0.255 e. The Kier molecular flexibility index (Phi) is 5.98. The molecule has 0 atom stereocenters. The number of hydrogen-bond donors (Lipinski definition) is 2. The highest BCUT2D eigenvalue weighted by Crippen LogP contribution is 2.23. The lowest BCUT2D eigenvalue weighted by molar-refractivity contribution is 0.102. The van der Waals surface area contributed by atoms with E-state index in [-0.39, 0.29) is 22.0 Å². The number of benzene rings is 1. The number of rotatable bonds is 7. The summed E-state index contributed by atoms with van der Waals surface area (Å²) in [6.07, 6.45) is 2.87. The second kappa shape index (κ2) is 8.42. The highest BCUT2D eigenvalue weighted by atomic mass is 35.5. The van der Waals surface area contributed by atoms with E-state index in [1.54, 1.807) is 24.3 Å². The minimum absolute atomic E-state index is 0.00499. The first-order valence-corrected chi connectivity index (χ1v) is 9.88. The minimum atomic E-state index is -3.96. The summed E-state index contributed by atoms with van der Waals surface area (Å²) in [6, 6.07) is 10.5. The summed E-state index contributed by atoms with van der Waals surface area (Å²) >= 11 is 6.04. The molecule has 0 aliphatic heterocycles. The molecule has 0 radical (unpaired) electrons. The number of nitrogens with one attached hydrogen (secondary N) is 2. The number of halogens is 1. The lowest BCUT2D eigenvalue weighted by Gasteiger charge is -2.10. The Labute approximate surface area is 166 Å². The summed E-state index contributed by atoms with van der Waals surface area (Å²) in [5, 5.41) is 2.63. The van der Waals surface area contributed by atoms with Crippen LogP contribution in [0.5, 0.6) is 5.88 Å². The first kappa shape index (κ1) is 19.9. The van der Waals surface area contributed by atoms with Crippen LogP contribution in [0, 0.1) is 0 Å². The third kappa shape index (κ3) is 4.69. The molecule has 0 unspecified atom stereocenters. The maximum atomic E-state index is 12.6. The monoisotopic (exact) mass is 421 g/mol. The maximum Gasteiger partial charge on any atom is 0.255 e. The van der Waals surface area contributed by atoms with Gasteiger partial charge >= 0.3 is 0 Å². The van der Waals surface area contributed by atoms with Crippen molar-refractivity contribution in [2.24, 2.45) is 0 Å². The van der Waals surface area contributed by atoms with Gasteiger partial charge in [0.05, 0.1) is 36.8 Å². The molecule has 8 nitrogen and oxygen atoms in total. The van der Waals surface area contributed by atoms with Crippen LogP contribution >= 0.6 is 11.6 Å².